The molecule has 0 spiro atoms. The zero-order valence-corrected chi connectivity index (χ0v) is 7.18. The van der Waals surface area contributed by atoms with Crippen LogP contribution < -0.4 is 0 Å². The van der Waals surface area contributed by atoms with Gasteiger partial charge in [-0.15, -0.1) is 23.5 Å². The Balaban J connectivity index is 2.17. The van der Waals surface area contributed by atoms with E-state index in [2.05, 4.69) is 25.8 Å². The van der Waals surface area contributed by atoms with E-state index < -0.39 is 0 Å². The Labute approximate surface area is 72.7 Å². The lowest BCUT2D eigenvalue weighted by Crippen LogP contribution is -1.94. The normalized spacial score (nSPS) is 17.5. The van der Waals surface area contributed by atoms with Gasteiger partial charge >= 0.3 is 0 Å². The van der Waals surface area contributed by atoms with Gasteiger partial charge in [-0.25, -0.2) is 15.0 Å². The molecule has 0 unspecified atom stereocenters. The SMILES string of the molecule is C1=CSC(c2ncncn2)S1. The van der Waals surface area contributed by atoms with Gasteiger partial charge in [-0.3, -0.25) is 0 Å². The van der Waals surface area contributed by atoms with E-state index in [4.69, 9.17) is 0 Å². The summed E-state index contributed by atoms with van der Waals surface area (Å²) >= 11 is 3.45. The van der Waals surface area contributed by atoms with Crippen molar-refractivity contribution in [2.45, 2.75) is 4.58 Å². The van der Waals surface area contributed by atoms with E-state index in [1.165, 1.54) is 12.7 Å². The summed E-state index contributed by atoms with van der Waals surface area (Å²) in [6.07, 6.45) is 3.06. The van der Waals surface area contributed by atoms with Gasteiger partial charge in [0.2, 0.25) is 0 Å². The minimum atomic E-state index is 0.331. The third-order valence-corrected chi connectivity index (χ3v) is 3.53. The van der Waals surface area contributed by atoms with Gasteiger partial charge in [0.05, 0.1) is 0 Å². The summed E-state index contributed by atoms with van der Waals surface area (Å²) in [6, 6.07) is 0. The average molecular weight is 183 g/mol. The first kappa shape index (κ1) is 7.12. The van der Waals surface area contributed by atoms with Crippen LogP contribution in [-0.2, 0) is 0 Å². The zero-order valence-electron chi connectivity index (χ0n) is 5.54. The molecule has 0 aliphatic carbocycles. The molecular formula is C6H5N3S2. The van der Waals surface area contributed by atoms with Crippen molar-refractivity contribution >= 4 is 23.5 Å². The fraction of sp³-hybridized carbons (Fsp3) is 0.167. The Morgan fingerprint density at radius 1 is 1.09 bits per heavy atom. The van der Waals surface area contributed by atoms with E-state index in [0.717, 1.165) is 5.82 Å². The quantitative estimate of drug-likeness (QED) is 0.664. The standard InChI is InChI=1S/C6H5N3S2/c1-2-11-6(10-1)5-8-3-7-4-9-5/h1-4,6H. The molecule has 0 amide bonds. The number of thioether (sulfide) groups is 2. The van der Waals surface area contributed by atoms with E-state index >= 15 is 0 Å². The molecule has 0 saturated heterocycles. The highest BCUT2D eigenvalue weighted by Gasteiger charge is 2.16. The molecular weight excluding hydrogens is 178 g/mol. The van der Waals surface area contributed by atoms with Crippen LogP contribution in [0.3, 0.4) is 0 Å². The third-order valence-electron chi connectivity index (χ3n) is 1.18. The van der Waals surface area contributed by atoms with Crippen LogP contribution in [0.15, 0.2) is 23.5 Å². The minimum absolute atomic E-state index is 0.331. The molecule has 2 rings (SSSR count). The van der Waals surface area contributed by atoms with Crippen molar-refractivity contribution in [3.8, 4) is 0 Å². The molecule has 56 valence electrons. The van der Waals surface area contributed by atoms with Crippen LogP contribution in [-0.4, -0.2) is 15.0 Å². The van der Waals surface area contributed by atoms with Gasteiger partial charge in [-0.05, 0) is 10.8 Å². The van der Waals surface area contributed by atoms with Crippen molar-refractivity contribution < 1.29 is 0 Å². The summed E-state index contributed by atoms with van der Waals surface area (Å²) in [5.74, 6) is 0.847. The van der Waals surface area contributed by atoms with Crippen molar-refractivity contribution in [3.05, 3.63) is 29.3 Å². The first-order chi connectivity index (χ1) is 5.47. The number of nitrogens with zero attached hydrogens (tertiary/aromatic N) is 3. The molecule has 3 nitrogen and oxygen atoms in total. The van der Waals surface area contributed by atoms with Gasteiger partial charge in [0.25, 0.3) is 0 Å². The highest BCUT2D eigenvalue weighted by molar-refractivity contribution is 8.21. The molecule has 5 heteroatoms. The maximum Gasteiger partial charge on any atom is 0.155 e. The second-order valence-corrected chi connectivity index (χ2v) is 4.20. The van der Waals surface area contributed by atoms with E-state index in [9.17, 15) is 0 Å². The number of rotatable bonds is 1. The molecule has 0 saturated carbocycles. The molecule has 1 aromatic heterocycles. The molecule has 0 radical (unpaired) electrons. The molecule has 1 aromatic rings. The van der Waals surface area contributed by atoms with Gasteiger partial charge in [0.1, 0.15) is 17.2 Å². The maximum atomic E-state index is 4.06. The summed E-state index contributed by atoms with van der Waals surface area (Å²) in [5.41, 5.74) is 0. The Hall–Kier alpha value is -0.550. The van der Waals surface area contributed by atoms with Gasteiger partial charge in [-0.1, -0.05) is 0 Å². The molecule has 0 N–H and O–H groups in total. The highest BCUT2D eigenvalue weighted by atomic mass is 32.2. The summed E-state index contributed by atoms with van der Waals surface area (Å²) in [7, 11) is 0. The highest BCUT2D eigenvalue weighted by Crippen LogP contribution is 2.44. The Morgan fingerprint density at radius 3 is 2.36 bits per heavy atom. The lowest BCUT2D eigenvalue weighted by molar-refractivity contribution is 0.956. The zero-order chi connectivity index (χ0) is 7.52. The molecule has 0 fully saturated rings. The van der Waals surface area contributed by atoms with E-state index in [0.29, 0.717) is 4.58 Å². The van der Waals surface area contributed by atoms with Crippen molar-refractivity contribution in [1.82, 2.24) is 15.0 Å². The summed E-state index contributed by atoms with van der Waals surface area (Å²) in [6.45, 7) is 0. The van der Waals surface area contributed by atoms with Gasteiger partial charge < -0.3 is 0 Å². The Kier molecular flexibility index (Phi) is 2.09. The summed E-state index contributed by atoms with van der Waals surface area (Å²) in [4.78, 5) is 11.9. The number of hydrogen-bond donors (Lipinski definition) is 0. The minimum Gasteiger partial charge on any atom is -0.225 e. The van der Waals surface area contributed by atoms with Crippen LogP contribution in [0, 0.1) is 0 Å². The van der Waals surface area contributed by atoms with Crippen LogP contribution in [0.1, 0.15) is 10.4 Å². The molecule has 0 aromatic carbocycles. The van der Waals surface area contributed by atoms with E-state index in [-0.39, 0.29) is 0 Å². The van der Waals surface area contributed by atoms with E-state index in [1.807, 2.05) is 0 Å². The molecule has 1 aliphatic heterocycles. The molecule has 0 bridgehead atoms. The van der Waals surface area contributed by atoms with Crippen LogP contribution in [0.4, 0.5) is 0 Å². The fourth-order valence-electron chi connectivity index (χ4n) is 0.730. The Bertz CT molecular complexity index is 254. The number of hydrogen-bond acceptors (Lipinski definition) is 5. The number of aromatic nitrogens is 3. The maximum absolute atomic E-state index is 4.06. The van der Waals surface area contributed by atoms with E-state index in [1.54, 1.807) is 23.5 Å². The van der Waals surface area contributed by atoms with Crippen molar-refractivity contribution in [2.75, 3.05) is 0 Å². The largest absolute Gasteiger partial charge is 0.225 e. The Morgan fingerprint density at radius 2 is 1.73 bits per heavy atom. The summed E-state index contributed by atoms with van der Waals surface area (Å²) < 4.78 is 0.331. The fourth-order valence-corrected chi connectivity index (χ4v) is 2.66. The first-order valence-electron chi connectivity index (χ1n) is 3.04. The third kappa shape index (κ3) is 1.54. The second kappa shape index (κ2) is 3.23. The van der Waals surface area contributed by atoms with Crippen molar-refractivity contribution in [3.63, 3.8) is 0 Å². The van der Waals surface area contributed by atoms with Crippen molar-refractivity contribution in [2.24, 2.45) is 0 Å². The lowest BCUT2D eigenvalue weighted by Gasteiger charge is -2.02. The lowest BCUT2D eigenvalue weighted by atomic mass is 10.7. The monoisotopic (exact) mass is 183 g/mol. The first-order valence-corrected chi connectivity index (χ1v) is 4.93. The topological polar surface area (TPSA) is 38.7 Å². The average Bonchev–Trinajstić information content (AvgIpc) is 2.58. The predicted molar refractivity (Wildman–Crippen MR) is 46.9 cm³/mol. The van der Waals surface area contributed by atoms with Gasteiger partial charge in [0.15, 0.2) is 5.82 Å². The van der Waals surface area contributed by atoms with Crippen LogP contribution >= 0.6 is 23.5 Å². The predicted octanol–water partition coefficient (Wildman–Crippen LogP) is 1.82. The van der Waals surface area contributed by atoms with Crippen molar-refractivity contribution in [1.29, 1.82) is 0 Å². The smallest absolute Gasteiger partial charge is 0.155 e. The molecule has 2 heterocycles. The van der Waals surface area contributed by atoms with Crippen LogP contribution in [0.25, 0.3) is 0 Å². The molecule has 0 atom stereocenters. The van der Waals surface area contributed by atoms with Crippen LogP contribution in [0.2, 0.25) is 0 Å². The van der Waals surface area contributed by atoms with Gasteiger partial charge in [0, 0.05) is 0 Å². The molecule has 11 heavy (non-hydrogen) atoms. The van der Waals surface area contributed by atoms with Crippen LogP contribution in [0.5, 0.6) is 0 Å². The van der Waals surface area contributed by atoms with Gasteiger partial charge in [-0.2, -0.15) is 0 Å². The summed E-state index contributed by atoms with van der Waals surface area (Å²) in [5, 5.41) is 4.11. The second-order valence-electron chi connectivity index (χ2n) is 1.87. The molecule has 1 aliphatic rings.